The molecule has 1 aromatic heterocycles. The first-order valence-electron chi connectivity index (χ1n) is 4.81. The van der Waals surface area contributed by atoms with Gasteiger partial charge in [0.15, 0.2) is 0 Å². The highest BCUT2D eigenvalue weighted by Crippen LogP contribution is 2.34. The average molecular weight is 242 g/mol. The number of aliphatic hydroxyl groups is 1. The lowest BCUT2D eigenvalue weighted by atomic mass is 10.1. The molecule has 1 aromatic carbocycles. The van der Waals surface area contributed by atoms with Crippen LogP contribution in [0.5, 0.6) is 0 Å². The van der Waals surface area contributed by atoms with Gasteiger partial charge in [0.2, 0.25) is 0 Å². The van der Waals surface area contributed by atoms with E-state index in [1.807, 2.05) is 0 Å². The molecule has 0 radical (unpaired) electrons. The maximum atomic E-state index is 12.8. The van der Waals surface area contributed by atoms with Crippen LogP contribution in [0.4, 0.5) is 13.2 Å². The van der Waals surface area contributed by atoms with Crippen molar-refractivity contribution >= 4 is 0 Å². The third-order valence-electron chi connectivity index (χ3n) is 2.33. The predicted molar refractivity (Wildman–Crippen MR) is 54.5 cm³/mol. The van der Waals surface area contributed by atoms with Gasteiger partial charge in [-0.2, -0.15) is 13.2 Å². The quantitative estimate of drug-likeness (QED) is 0.878. The summed E-state index contributed by atoms with van der Waals surface area (Å²) in [6.45, 7) is -0.423. The molecule has 90 valence electrons. The standard InChI is InChI=1S/C11H9F3N2O/c12-11(13,14)9-5-8(6-17)1-2-10(9)16-4-3-15-7-16/h1-5,7,17H,6H2. The van der Waals surface area contributed by atoms with Crippen LogP contribution in [0.3, 0.4) is 0 Å². The number of nitrogens with zero attached hydrogens (tertiary/aromatic N) is 2. The molecule has 0 aliphatic carbocycles. The summed E-state index contributed by atoms with van der Waals surface area (Å²) in [4.78, 5) is 3.71. The Kier molecular flexibility index (Phi) is 2.89. The van der Waals surface area contributed by atoms with Crippen molar-refractivity contribution in [2.45, 2.75) is 12.8 Å². The Hall–Kier alpha value is -1.82. The molecule has 2 rings (SSSR count). The Morgan fingerprint density at radius 2 is 2.06 bits per heavy atom. The van der Waals surface area contributed by atoms with Gasteiger partial charge in [0.25, 0.3) is 0 Å². The average Bonchev–Trinajstić information content (AvgIpc) is 2.80. The van der Waals surface area contributed by atoms with Crippen LogP contribution >= 0.6 is 0 Å². The van der Waals surface area contributed by atoms with Crippen LogP contribution in [0.1, 0.15) is 11.1 Å². The van der Waals surface area contributed by atoms with Crippen LogP contribution in [-0.2, 0) is 12.8 Å². The van der Waals surface area contributed by atoms with E-state index in [0.29, 0.717) is 0 Å². The number of hydrogen-bond donors (Lipinski definition) is 1. The van der Waals surface area contributed by atoms with Crippen molar-refractivity contribution < 1.29 is 18.3 Å². The number of benzene rings is 1. The minimum absolute atomic E-state index is 0.00722. The third-order valence-corrected chi connectivity index (χ3v) is 2.33. The summed E-state index contributed by atoms with van der Waals surface area (Å²) in [6.07, 6.45) is -0.336. The molecule has 0 aliphatic rings. The molecule has 0 atom stereocenters. The van der Waals surface area contributed by atoms with Gasteiger partial charge < -0.3 is 9.67 Å². The Bertz CT molecular complexity index is 506. The number of imidazole rings is 1. The van der Waals surface area contributed by atoms with E-state index < -0.39 is 18.3 Å². The van der Waals surface area contributed by atoms with Crippen molar-refractivity contribution in [3.05, 3.63) is 48.0 Å². The summed E-state index contributed by atoms with van der Waals surface area (Å²) >= 11 is 0. The van der Waals surface area contributed by atoms with E-state index in [1.165, 1.54) is 35.4 Å². The van der Waals surface area contributed by atoms with Gasteiger partial charge in [-0.1, -0.05) is 6.07 Å². The van der Waals surface area contributed by atoms with Gasteiger partial charge in [-0.15, -0.1) is 0 Å². The normalized spacial score (nSPS) is 11.8. The Morgan fingerprint density at radius 1 is 1.29 bits per heavy atom. The molecule has 0 saturated carbocycles. The highest BCUT2D eigenvalue weighted by atomic mass is 19.4. The molecule has 1 heterocycles. The number of aromatic nitrogens is 2. The fraction of sp³-hybridized carbons (Fsp3) is 0.182. The van der Waals surface area contributed by atoms with Gasteiger partial charge >= 0.3 is 6.18 Å². The predicted octanol–water partition coefficient (Wildman–Crippen LogP) is 2.38. The van der Waals surface area contributed by atoms with Crippen LogP contribution in [-0.4, -0.2) is 14.7 Å². The van der Waals surface area contributed by atoms with Gasteiger partial charge in [-0.05, 0) is 17.7 Å². The highest BCUT2D eigenvalue weighted by Gasteiger charge is 2.34. The van der Waals surface area contributed by atoms with Crippen molar-refractivity contribution in [1.82, 2.24) is 9.55 Å². The maximum absolute atomic E-state index is 12.8. The first kappa shape index (κ1) is 11.7. The molecular formula is C11H9F3N2O. The van der Waals surface area contributed by atoms with Crippen LogP contribution in [0, 0.1) is 0 Å². The van der Waals surface area contributed by atoms with Gasteiger partial charge in [0, 0.05) is 12.4 Å². The lowest BCUT2D eigenvalue weighted by Gasteiger charge is -2.14. The smallest absolute Gasteiger partial charge is 0.392 e. The number of hydrogen-bond acceptors (Lipinski definition) is 2. The van der Waals surface area contributed by atoms with Crippen LogP contribution in [0.25, 0.3) is 5.69 Å². The van der Waals surface area contributed by atoms with E-state index in [1.54, 1.807) is 0 Å². The lowest BCUT2D eigenvalue weighted by molar-refractivity contribution is -0.137. The van der Waals surface area contributed by atoms with Crippen LogP contribution < -0.4 is 0 Å². The Balaban J connectivity index is 2.59. The van der Waals surface area contributed by atoms with Crippen molar-refractivity contribution in [2.75, 3.05) is 0 Å². The third kappa shape index (κ3) is 2.31. The summed E-state index contributed by atoms with van der Waals surface area (Å²) in [6, 6.07) is 3.70. The first-order chi connectivity index (χ1) is 8.02. The molecular weight excluding hydrogens is 233 g/mol. The number of rotatable bonds is 2. The second-order valence-corrected chi connectivity index (χ2v) is 3.48. The molecule has 0 amide bonds. The highest BCUT2D eigenvalue weighted by molar-refractivity contribution is 5.45. The second-order valence-electron chi connectivity index (χ2n) is 3.48. The zero-order chi connectivity index (χ0) is 12.5. The fourth-order valence-corrected chi connectivity index (χ4v) is 1.54. The summed E-state index contributed by atoms with van der Waals surface area (Å²) in [5.41, 5.74) is -0.574. The van der Waals surface area contributed by atoms with E-state index in [4.69, 9.17) is 5.11 Å². The minimum atomic E-state index is -4.47. The summed E-state index contributed by atoms with van der Waals surface area (Å²) < 4.78 is 39.8. The van der Waals surface area contributed by atoms with Gasteiger partial charge in [0.1, 0.15) is 0 Å². The molecule has 0 bridgehead atoms. The van der Waals surface area contributed by atoms with E-state index in [0.717, 1.165) is 6.07 Å². The van der Waals surface area contributed by atoms with Crippen molar-refractivity contribution in [3.63, 3.8) is 0 Å². The summed E-state index contributed by atoms with van der Waals surface area (Å²) in [5.74, 6) is 0. The van der Waals surface area contributed by atoms with E-state index >= 15 is 0 Å². The molecule has 0 saturated heterocycles. The van der Waals surface area contributed by atoms with Crippen LogP contribution in [0.15, 0.2) is 36.9 Å². The zero-order valence-electron chi connectivity index (χ0n) is 8.65. The van der Waals surface area contributed by atoms with Crippen molar-refractivity contribution in [3.8, 4) is 5.69 Å². The second kappa shape index (κ2) is 4.21. The molecule has 3 nitrogen and oxygen atoms in total. The van der Waals surface area contributed by atoms with Gasteiger partial charge in [-0.3, -0.25) is 0 Å². The van der Waals surface area contributed by atoms with Crippen LogP contribution in [0.2, 0.25) is 0 Å². The molecule has 0 fully saturated rings. The SMILES string of the molecule is OCc1ccc(-n2ccnc2)c(C(F)(F)F)c1. The van der Waals surface area contributed by atoms with Gasteiger partial charge in [-0.25, -0.2) is 4.98 Å². The number of halogens is 3. The maximum Gasteiger partial charge on any atom is 0.418 e. The summed E-state index contributed by atoms with van der Waals surface area (Å²) in [5, 5.41) is 8.86. The van der Waals surface area contributed by atoms with Gasteiger partial charge in [0.05, 0.1) is 24.2 Å². The number of aliphatic hydroxyl groups excluding tert-OH is 1. The molecule has 0 unspecified atom stereocenters. The monoisotopic (exact) mass is 242 g/mol. The molecule has 2 aromatic rings. The lowest BCUT2D eigenvalue weighted by Crippen LogP contribution is -2.11. The van der Waals surface area contributed by atoms with Crippen molar-refractivity contribution in [1.29, 1.82) is 0 Å². The topological polar surface area (TPSA) is 38.0 Å². The Morgan fingerprint density at radius 3 is 2.59 bits per heavy atom. The number of alkyl halides is 3. The van der Waals surface area contributed by atoms with Crippen molar-refractivity contribution in [2.24, 2.45) is 0 Å². The molecule has 6 heteroatoms. The molecule has 17 heavy (non-hydrogen) atoms. The molecule has 1 N–H and O–H groups in total. The summed E-state index contributed by atoms with van der Waals surface area (Å²) in [7, 11) is 0. The Labute approximate surface area is 95.1 Å². The minimum Gasteiger partial charge on any atom is -0.392 e. The van der Waals surface area contributed by atoms with E-state index in [-0.39, 0.29) is 11.3 Å². The molecule has 0 aliphatic heterocycles. The van der Waals surface area contributed by atoms with E-state index in [9.17, 15) is 13.2 Å². The fourth-order valence-electron chi connectivity index (χ4n) is 1.54. The first-order valence-corrected chi connectivity index (χ1v) is 4.81. The van der Waals surface area contributed by atoms with E-state index in [2.05, 4.69) is 4.98 Å². The largest absolute Gasteiger partial charge is 0.418 e. The zero-order valence-corrected chi connectivity index (χ0v) is 8.65. The molecule has 0 spiro atoms.